The largest absolute Gasteiger partial charge is 0.349 e. The fourth-order valence-corrected chi connectivity index (χ4v) is 4.65. The summed E-state index contributed by atoms with van der Waals surface area (Å²) < 4.78 is 0. The second-order valence-electron chi connectivity index (χ2n) is 7.63. The van der Waals surface area contributed by atoms with Gasteiger partial charge in [-0.15, -0.1) is 0 Å². The number of nitrogens with one attached hydrogen (secondary N) is 2. The van der Waals surface area contributed by atoms with Crippen LogP contribution < -0.4 is 5.32 Å². The van der Waals surface area contributed by atoms with Crippen LogP contribution in [0.2, 0.25) is 0 Å². The van der Waals surface area contributed by atoms with Gasteiger partial charge in [0.05, 0.1) is 5.52 Å². The van der Waals surface area contributed by atoms with E-state index in [9.17, 15) is 4.79 Å². The maximum absolute atomic E-state index is 12.8. The van der Waals surface area contributed by atoms with Crippen molar-refractivity contribution in [1.82, 2.24) is 20.4 Å². The van der Waals surface area contributed by atoms with Crippen molar-refractivity contribution in [2.75, 3.05) is 19.6 Å². The lowest BCUT2D eigenvalue weighted by atomic mass is 9.79. The summed E-state index contributed by atoms with van der Waals surface area (Å²) in [6.07, 6.45) is 10.2. The first-order valence-electron chi connectivity index (χ1n) is 9.75. The molecule has 1 aliphatic heterocycles. The minimum atomic E-state index is -0.0561. The van der Waals surface area contributed by atoms with Crippen LogP contribution in [0.15, 0.2) is 24.3 Å². The normalized spacial score (nSPS) is 21.3. The molecule has 2 N–H and O–H groups in total. The van der Waals surface area contributed by atoms with Crippen molar-refractivity contribution in [2.24, 2.45) is 0 Å². The molecule has 0 unspecified atom stereocenters. The average molecular weight is 340 g/mol. The number of carbonyl (C=O) groups is 1. The Bertz CT molecular complexity index is 726. The monoisotopic (exact) mass is 340 g/mol. The quantitative estimate of drug-likeness (QED) is 0.896. The Hall–Kier alpha value is -1.88. The highest BCUT2D eigenvalue weighted by atomic mass is 16.1. The molecule has 1 aliphatic carbocycles. The number of aromatic amines is 1. The molecule has 0 spiro atoms. The third-order valence-corrected chi connectivity index (χ3v) is 6.07. The van der Waals surface area contributed by atoms with Crippen LogP contribution in [0.25, 0.3) is 10.9 Å². The SMILES string of the molecule is O=C(NCC1(N2CCCCC2)CCCCC1)c1n[nH]c2ccccc12. The molecule has 0 bridgehead atoms. The van der Waals surface area contributed by atoms with Crippen molar-refractivity contribution >= 4 is 16.8 Å². The number of fused-ring (bicyclic) bond motifs is 1. The van der Waals surface area contributed by atoms with Gasteiger partial charge in [0.2, 0.25) is 0 Å². The number of rotatable bonds is 4. The van der Waals surface area contributed by atoms with Crippen LogP contribution in [-0.2, 0) is 0 Å². The molecule has 1 aromatic carbocycles. The highest BCUT2D eigenvalue weighted by Gasteiger charge is 2.38. The molecule has 4 rings (SSSR count). The van der Waals surface area contributed by atoms with Crippen molar-refractivity contribution in [3.05, 3.63) is 30.0 Å². The lowest BCUT2D eigenvalue weighted by molar-refractivity contribution is 0.0326. The number of likely N-dealkylation sites (tertiary alicyclic amines) is 1. The van der Waals surface area contributed by atoms with E-state index in [-0.39, 0.29) is 11.4 Å². The molecule has 1 saturated carbocycles. The smallest absolute Gasteiger partial charge is 0.272 e. The Balaban J connectivity index is 1.49. The van der Waals surface area contributed by atoms with Gasteiger partial charge in [-0.05, 0) is 44.8 Å². The summed E-state index contributed by atoms with van der Waals surface area (Å²) in [5, 5.41) is 11.3. The van der Waals surface area contributed by atoms with Gasteiger partial charge in [0, 0.05) is 17.5 Å². The molecule has 5 heteroatoms. The van der Waals surface area contributed by atoms with E-state index < -0.39 is 0 Å². The maximum Gasteiger partial charge on any atom is 0.272 e. The number of benzene rings is 1. The van der Waals surface area contributed by atoms with Crippen molar-refractivity contribution in [3.63, 3.8) is 0 Å². The van der Waals surface area contributed by atoms with Crippen LogP contribution in [0.5, 0.6) is 0 Å². The minimum absolute atomic E-state index is 0.0561. The zero-order valence-electron chi connectivity index (χ0n) is 14.9. The van der Waals surface area contributed by atoms with E-state index >= 15 is 0 Å². The molecule has 1 saturated heterocycles. The highest BCUT2D eigenvalue weighted by Crippen LogP contribution is 2.35. The number of H-pyrrole nitrogens is 1. The van der Waals surface area contributed by atoms with Crippen molar-refractivity contribution in [1.29, 1.82) is 0 Å². The van der Waals surface area contributed by atoms with Gasteiger partial charge in [-0.2, -0.15) is 5.10 Å². The van der Waals surface area contributed by atoms with Gasteiger partial charge in [0.1, 0.15) is 0 Å². The molecular weight excluding hydrogens is 312 g/mol. The molecule has 5 nitrogen and oxygen atoms in total. The van der Waals surface area contributed by atoms with Gasteiger partial charge >= 0.3 is 0 Å². The summed E-state index contributed by atoms with van der Waals surface area (Å²) in [7, 11) is 0. The van der Waals surface area contributed by atoms with Crippen LogP contribution >= 0.6 is 0 Å². The van der Waals surface area contributed by atoms with Crippen LogP contribution in [0.4, 0.5) is 0 Å². The van der Waals surface area contributed by atoms with Crippen LogP contribution in [-0.4, -0.2) is 46.2 Å². The number of hydrogen-bond donors (Lipinski definition) is 2. The van der Waals surface area contributed by atoms with Crippen LogP contribution in [0, 0.1) is 0 Å². The minimum Gasteiger partial charge on any atom is -0.349 e. The summed E-state index contributed by atoms with van der Waals surface area (Å²) in [5.41, 5.74) is 1.58. The zero-order chi connectivity index (χ0) is 17.1. The molecule has 2 heterocycles. The van der Waals surface area contributed by atoms with E-state index in [0.717, 1.165) is 17.4 Å². The topological polar surface area (TPSA) is 61.0 Å². The number of amides is 1. The second-order valence-corrected chi connectivity index (χ2v) is 7.63. The van der Waals surface area contributed by atoms with E-state index in [1.165, 1.54) is 64.5 Å². The summed E-state index contributed by atoms with van der Waals surface area (Å²) in [4.78, 5) is 15.4. The molecule has 2 aromatic rings. The van der Waals surface area contributed by atoms with Crippen molar-refractivity contribution < 1.29 is 4.79 Å². The lowest BCUT2D eigenvalue weighted by Crippen LogP contribution is -2.58. The van der Waals surface area contributed by atoms with E-state index in [1.54, 1.807) is 0 Å². The predicted molar refractivity (Wildman–Crippen MR) is 99.7 cm³/mol. The summed E-state index contributed by atoms with van der Waals surface area (Å²) >= 11 is 0. The Morgan fingerprint density at radius 2 is 1.80 bits per heavy atom. The van der Waals surface area contributed by atoms with Crippen molar-refractivity contribution in [2.45, 2.75) is 56.9 Å². The standard InChI is InChI=1S/C20H28N4O/c25-19(18-16-9-3-4-10-17(16)22-23-18)21-15-20(11-5-1-6-12-20)24-13-7-2-8-14-24/h3-4,9-10H,1-2,5-8,11-15H2,(H,21,25)(H,22,23). The van der Waals surface area contributed by atoms with E-state index in [2.05, 4.69) is 20.4 Å². The molecule has 2 fully saturated rings. The number of hydrogen-bond acceptors (Lipinski definition) is 3. The Kier molecular flexibility index (Phi) is 4.75. The van der Waals surface area contributed by atoms with Gasteiger partial charge in [0.25, 0.3) is 5.91 Å². The summed E-state index contributed by atoms with van der Waals surface area (Å²) in [5.74, 6) is -0.0561. The molecule has 1 aromatic heterocycles. The second kappa shape index (κ2) is 7.16. The summed E-state index contributed by atoms with van der Waals surface area (Å²) in [6, 6.07) is 7.81. The number of aromatic nitrogens is 2. The molecule has 2 aliphatic rings. The molecular formula is C20H28N4O. The van der Waals surface area contributed by atoms with Gasteiger partial charge in [0.15, 0.2) is 5.69 Å². The predicted octanol–water partition coefficient (Wildman–Crippen LogP) is 3.48. The lowest BCUT2D eigenvalue weighted by Gasteiger charge is -2.48. The third-order valence-electron chi connectivity index (χ3n) is 6.07. The first kappa shape index (κ1) is 16.6. The average Bonchev–Trinajstić information content (AvgIpc) is 3.12. The maximum atomic E-state index is 12.8. The Morgan fingerprint density at radius 1 is 1.08 bits per heavy atom. The van der Waals surface area contributed by atoms with Gasteiger partial charge in [-0.1, -0.05) is 43.9 Å². The number of piperidine rings is 1. The fourth-order valence-electron chi connectivity index (χ4n) is 4.65. The first-order valence-corrected chi connectivity index (χ1v) is 9.75. The fraction of sp³-hybridized carbons (Fsp3) is 0.600. The van der Waals surface area contributed by atoms with Gasteiger partial charge in [-0.3, -0.25) is 14.8 Å². The van der Waals surface area contributed by atoms with Crippen LogP contribution in [0.1, 0.15) is 61.9 Å². The zero-order valence-corrected chi connectivity index (χ0v) is 14.9. The number of para-hydroxylation sites is 1. The molecule has 1 amide bonds. The number of nitrogens with zero attached hydrogens (tertiary/aromatic N) is 2. The number of carbonyl (C=O) groups excluding carboxylic acids is 1. The highest BCUT2D eigenvalue weighted by molar-refractivity contribution is 6.04. The summed E-state index contributed by atoms with van der Waals surface area (Å²) in [6.45, 7) is 3.11. The third kappa shape index (κ3) is 3.30. The van der Waals surface area contributed by atoms with E-state index in [0.29, 0.717) is 5.69 Å². The molecule has 134 valence electrons. The molecule has 25 heavy (non-hydrogen) atoms. The Labute approximate surface area is 149 Å². The van der Waals surface area contributed by atoms with E-state index in [4.69, 9.17) is 0 Å². The van der Waals surface area contributed by atoms with E-state index in [1.807, 2.05) is 24.3 Å². The molecule has 0 radical (unpaired) electrons. The van der Waals surface area contributed by atoms with Gasteiger partial charge < -0.3 is 5.32 Å². The van der Waals surface area contributed by atoms with Crippen LogP contribution in [0.3, 0.4) is 0 Å². The first-order chi connectivity index (χ1) is 12.3. The Morgan fingerprint density at radius 3 is 2.60 bits per heavy atom. The molecule has 0 atom stereocenters. The van der Waals surface area contributed by atoms with Crippen molar-refractivity contribution in [3.8, 4) is 0 Å². The van der Waals surface area contributed by atoms with Gasteiger partial charge in [-0.25, -0.2) is 0 Å².